The largest absolute Gasteiger partial charge is 0.313 e. The van der Waals surface area contributed by atoms with Gasteiger partial charge in [-0.25, -0.2) is 0 Å². The summed E-state index contributed by atoms with van der Waals surface area (Å²) in [6.07, 6.45) is 2.16. The minimum absolute atomic E-state index is 0.360. The molecule has 0 saturated heterocycles. The summed E-state index contributed by atoms with van der Waals surface area (Å²) in [6.45, 7) is 4.52. The maximum absolute atomic E-state index is 3.49. The lowest BCUT2D eigenvalue weighted by atomic mass is 9.96. The van der Waals surface area contributed by atoms with Gasteiger partial charge in [-0.05, 0) is 54.6 Å². The average molecular weight is 346 g/mol. The Morgan fingerprint density at radius 3 is 1.90 bits per heavy atom. The second-order valence-corrected chi connectivity index (χ2v) is 6.93. The van der Waals surface area contributed by atoms with Crippen molar-refractivity contribution in [1.29, 1.82) is 0 Å². The molecule has 1 N–H and O–H groups in total. The van der Waals surface area contributed by atoms with E-state index in [1.54, 1.807) is 0 Å². The van der Waals surface area contributed by atoms with Crippen LogP contribution in [0.25, 0.3) is 0 Å². The van der Waals surface area contributed by atoms with Gasteiger partial charge in [-0.2, -0.15) is 0 Å². The number of hydrogen-bond donors (Lipinski definition) is 1. The summed E-state index contributed by atoms with van der Waals surface area (Å²) in [4.78, 5) is 0. The van der Waals surface area contributed by atoms with Crippen LogP contribution in [0.2, 0.25) is 0 Å². The lowest BCUT2D eigenvalue weighted by molar-refractivity contribution is 0.591. The third-order valence-electron chi connectivity index (χ3n) is 3.73. The molecule has 112 valence electrons. The number of hydrogen-bond acceptors (Lipinski definition) is 1. The van der Waals surface area contributed by atoms with Crippen molar-refractivity contribution in [2.75, 3.05) is 7.05 Å². The van der Waals surface area contributed by atoms with Crippen LogP contribution in [0.5, 0.6) is 0 Å². The van der Waals surface area contributed by atoms with Gasteiger partial charge in [-0.3, -0.25) is 0 Å². The highest BCUT2D eigenvalue weighted by Gasteiger charge is 2.10. The van der Waals surface area contributed by atoms with Crippen LogP contribution >= 0.6 is 15.9 Å². The van der Waals surface area contributed by atoms with E-state index in [0.29, 0.717) is 12.0 Å². The molecule has 0 aliphatic carbocycles. The Labute approximate surface area is 136 Å². The van der Waals surface area contributed by atoms with Gasteiger partial charge < -0.3 is 5.32 Å². The molecule has 0 bridgehead atoms. The van der Waals surface area contributed by atoms with E-state index in [0.717, 1.165) is 17.3 Å². The van der Waals surface area contributed by atoms with Crippen LogP contribution in [0.4, 0.5) is 0 Å². The molecule has 0 aromatic heterocycles. The molecule has 21 heavy (non-hydrogen) atoms. The van der Waals surface area contributed by atoms with E-state index in [4.69, 9.17) is 0 Å². The Kier molecular flexibility index (Phi) is 6.01. The first-order valence-electron chi connectivity index (χ1n) is 7.59. The molecule has 0 fully saturated rings. The van der Waals surface area contributed by atoms with Crippen molar-refractivity contribution < 1.29 is 0 Å². The maximum atomic E-state index is 3.49. The van der Waals surface area contributed by atoms with Gasteiger partial charge in [0.15, 0.2) is 0 Å². The fourth-order valence-corrected chi connectivity index (χ4v) is 2.86. The van der Waals surface area contributed by atoms with Gasteiger partial charge in [-0.1, -0.05) is 66.2 Å². The second-order valence-electron chi connectivity index (χ2n) is 6.01. The molecule has 0 saturated carbocycles. The molecule has 2 rings (SSSR count). The van der Waals surface area contributed by atoms with Crippen molar-refractivity contribution in [3.63, 3.8) is 0 Å². The molecule has 1 unspecified atom stereocenters. The molecule has 0 spiro atoms. The van der Waals surface area contributed by atoms with Gasteiger partial charge >= 0.3 is 0 Å². The first-order chi connectivity index (χ1) is 10.1. The van der Waals surface area contributed by atoms with Crippen LogP contribution in [-0.4, -0.2) is 7.05 Å². The van der Waals surface area contributed by atoms with E-state index in [-0.39, 0.29) is 0 Å². The molecule has 2 aromatic carbocycles. The third kappa shape index (κ3) is 4.98. The van der Waals surface area contributed by atoms with Crippen LogP contribution in [0.1, 0.15) is 36.6 Å². The van der Waals surface area contributed by atoms with E-state index in [1.807, 2.05) is 7.05 Å². The molecular formula is C19H24BrN. The highest BCUT2D eigenvalue weighted by Crippen LogP contribution is 2.21. The topological polar surface area (TPSA) is 12.0 Å². The fraction of sp³-hybridized carbons (Fsp3) is 0.368. The zero-order valence-electron chi connectivity index (χ0n) is 13.1. The van der Waals surface area contributed by atoms with Crippen LogP contribution in [0.3, 0.4) is 0 Å². The Bertz CT molecular complexity index is 543. The van der Waals surface area contributed by atoms with Crippen LogP contribution in [-0.2, 0) is 12.8 Å². The van der Waals surface area contributed by atoms with E-state index < -0.39 is 0 Å². The number of likely N-dealkylation sites (N-methyl/N-ethyl adjacent to an activating group) is 1. The minimum atomic E-state index is 0.360. The lowest BCUT2D eigenvalue weighted by Crippen LogP contribution is -2.18. The Hall–Kier alpha value is -1.12. The van der Waals surface area contributed by atoms with Crippen molar-refractivity contribution in [3.8, 4) is 0 Å². The standard InChI is InChI=1S/C19H24BrN/c1-14(2)12-15-4-8-17(9-5-15)19(21-3)13-16-6-10-18(20)11-7-16/h4-11,14,19,21H,12-13H2,1-3H3. The van der Waals surface area contributed by atoms with Crippen LogP contribution in [0.15, 0.2) is 53.0 Å². The van der Waals surface area contributed by atoms with Gasteiger partial charge in [-0.15, -0.1) is 0 Å². The van der Waals surface area contributed by atoms with E-state index in [2.05, 4.69) is 83.6 Å². The Morgan fingerprint density at radius 1 is 0.857 bits per heavy atom. The van der Waals surface area contributed by atoms with Crippen molar-refractivity contribution in [2.24, 2.45) is 5.92 Å². The van der Waals surface area contributed by atoms with Crippen molar-refractivity contribution in [2.45, 2.75) is 32.7 Å². The van der Waals surface area contributed by atoms with E-state index >= 15 is 0 Å². The molecule has 0 aliphatic rings. The van der Waals surface area contributed by atoms with E-state index in [1.165, 1.54) is 16.7 Å². The zero-order valence-corrected chi connectivity index (χ0v) is 14.7. The fourth-order valence-electron chi connectivity index (χ4n) is 2.60. The predicted molar refractivity (Wildman–Crippen MR) is 94.6 cm³/mol. The van der Waals surface area contributed by atoms with E-state index in [9.17, 15) is 0 Å². The van der Waals surface area contributed by atoms with Crippen molar-refractivity contribution >= 4 is 15.9 Å². The summed E-state index contributed by atoms with van der Waals surface area (Å²) >= 11 is 3.49. The van der Waals surface area contributed by atoms with Crippen molar-refractivity contribution in [1.82, 2.24) is 5.32 Å². The summed E-state index contributed by atoms with van der Waals surface area (Å²) < 4.78 is 1.13. The van der Waals surface area contributed by atoms with Gasteiger partial charge in [0.1, 0.15) is 0 Å². The zero-order chi connectivity index (χ0) is 15.2. The minimum Gasteiger partial charge on any atom is -0.313 e. The molecule has 0 aliphatic heterocycles. The molecule has 0 heterocycles. The first-order valence-corrected chi connectivity index (χ1v) is 8.38. The number of benzene rings is 2. The molecular weight excluding hydrogens is 322 g/mol. The lowest BCUT2D eigenvalue weighted by Gasteiger charge is -2.17. The molecule has 0 radical (unpaired) electrons. The van der Waals surface area contributed by atoms with Crippen molar-refractivity contribution in [3.05, 3.63) is 69.7 Å². The smallest absolute Gasteiger partial charge is 0.0358 e. The maximum Gasteiger partial charge on any atom is 0.0358 e. The predicted octanol–water partition coefficient (Wildman–Crippen LogP) is 5.15. The summed E-state index contributed by atoms with van der Waals surface area (Å²) in [5.74, 6) is 0.707. The third-order valence-corrected chi connectivity index (χ3v) is 4.26. The molecule has 2 aromatic rings. The first kappa shape index (κ1) is 16.3. The SMILES string of the molecule is CNC(Cc1ccc(Br)cc1)c1ccc(CC(C)C)cc1. The van der Waals surface area contributed by atoms with Gasteiger partial charge in [0.25, 0.3) is 0 Å². The quantitative estimate of drug-likeness (QED) is 0.763. The highest BCUT2D eigenvalue weighted by molar-refractivity contribution is 9.10. The number of rotatable bonds is 6. The molecule has 1 nitrogen and oxygen atoms in total. The average Bonchev–Trinajstić information content (AvgIpc) is 2.47. The Balaban J connectivity index is 2.08. The number of nitrogens with one attached hydrogen (secondary N) is 1. The highest BCUT2D eigenvalue weighted by atomic mass is 79.9. The van der Waals surface area contributed by atoms with Gasteiger partial charge in [0.2, 0.25) is 0 Å². The monoisotopic (exact) mass is 345 g/mol. The van der Waals surface area contributed by atoms with Gasteiger partial charge in [0.05, 0.1) is 0 Å². The summed E-state index contributed by atoms with van der Waals surface area (Å²) in [5.41, 5.74) is 4.13. The second kappa shape index (κ2) is 7.77. The molecule has 0 amide bonds. The summed E-state index contributed by atoms with van der Waals surface area (Å²) in [6, 6.07) is 18.0. The van der Waals surface area contributed by atoms with Crippen LogP contribution in [0, 0.1) is 5.92 Å². The van der Waals surface area contributed by atoms with Crippen LogP contribution < -0.4 is 5.32 Å². The molecule has 2 heteroatoms. The Morgan fingerprint density at radius 2 is 1.38 bits per heavy atom. The summed E-state index contributed by atoms with van der Waals surface area (Å²) in [5, 5.41) is 3.43. The van der Waals surface area contributed by atoms with Gasteiger partial charge in [0, 0.05) is 10.5 Å². The number of halogens is 1. The summed E-state index contributed by atoms with van der Waals surface area (Å²) in [7, 11) is 2.03. The normalized spacial score (nSPS) is 12.6. The molecule has 1 atom stereocenters.